The molecule has 0 atom stereocenters. The van der Waals surface area contributed by atoms with E-state index < -0.39 is 10.0 Å². The molecule has 0 fully saturated rings. The van der Waals surface area contributed by atoms with Gasteiger partial charge in [0.2, 0.25) is 5.13 Å². The number of aromatic nitrogens is 2. The second-order valence-electron chi connectivity index (χ2n) is 4.02. The maximum Gasteiger partial charge on any atom is 0.264 e. The molecule has 21 heavy (non-hydrogen) atoms. The Bertz CT molecular complexity index is 788. The molecule has 0 aliphatic heterocycles. The van der Waals surface area contributed by atoms with E-state index in [9.17, 15) is 8.42 Å². The Kier molecular flexibility index (Phi) is 4.90. The van der Waals surface area contributed by atoms with Gasteiger partial charge in [-0.1, -0.05) is 24.0 Å². The van der Waals surface area contributed by atoms with Gasteiger partial charge in [0, 0.05) is 23.5 Å². The summed E-state index contributed by atoms with van der Waals surface area (Å²) in [7, 11) is -3.77. The van der Waals surface area contributed by atoms with Crippen LogP contribution < -0.4 is 4.72 Å². The first-order valence-corrected chi connectivity index (χ1v) is 8.30. The highest BCUT2D eigenvalue weighted by molar-refractivity contribution is 7.93. The molecular weight excluding hydrogens is 310 g/mol. The summed E-state index contributed by atoms with van der Waals surface area (Å²) >= 11 is 0.978. The second-order valence-corrected chi connectivity index (χ2v) is 6.43. The molecule has 0 aliphatic carbocycles. The minimum absolute atomic E-state index is 0.0652. The zero-order valence-corrected chi connectivity index (χ0v) is 12.8. The molecule has 0 bridgehead atoms. The van der Waals surface area contributed by atoms with Crippen LogP contribution in [0.5, 0.6) is 0 Å². The third kappa shape index (κ3) is 4.01. The van der Waals surface area contributed by atoms with E-state index in [-0.39, 0.29) is 23.1 Å². The lowest BCUT2D eigenvalue weighted by atomic mass is 10.2. The highest BCUT2D eigenvalue weighted by atomic mass is 32.2. The van der Waals surface area contributed by atoms with E-state index in [2.05, 4.69) is 25.9 Å². The summed E-state index contributed by atoms with van der Waals surface area (Å²) in [4.78, 5) is 4.05. The molecule has 0 aliphatic rings. The monoisotopic (exact) mass is 323 g/mol. The van der Waals surface area contributed by atoms with E-state index in [1.165, 1.54) is 6.07 Å². The molecule has 0 spiro atoms. The predicted octanol–water partition coefficient (Wildman–Crippen LogP) is 1.38. The first-order chi connectivity index (χ1) is 10.0. The van der Waals surface area contributed by atoms with E-state index in [1.807, 2.05) is 0 Å². The first-order valence-electron chi connectivity index (χ1n) is 6.05. The van der Waals surface area contributed by atoms with Gasteiger partial charge in [0.05, 0.1) is 6.61 Å². The van der Waals surface area contributed by atoms with E-state index in [1.54, 1.807) is 25.1 Å². The Hall–Kier alpha value is -1.95. The summed E-state index contributed by atoms with van der Waals surface area (Å²) in [6, 6.07) is 6.41. The van der Waals surface area contributed by atoms with E-state index in [0.29, 0.717) is 11.4 Å². The van der Waals surface area contributed by atoms with E-state index in [4.69, 9.17) is 5.11 Å². The van der Waals surface area contributed by atoms with Crippen LogP contribution in [0.25, 0.3) is 0 Å². The van der Waals surface area contributed by atoms with Crippen molar-refractivity contribution in [2.45, 2.75) is 18.2 Å². The fraction of sp³-hybridized carbons (Fsp3) is 0.231. The fourth-order valence-electron chi connectivity index (χ4n) is 1.53. The number of sulfonamides is 1. The minimum Gasteiger partial charge on any atom is -0.395 e. The van der Waals surface area contributed by atoms with Crippen molar-refractivity contribution < 1.29 is 13.5 Å². The number of aliphatic hydroxyl groups excluding tert-OH is 1. The maximum atomic E-state index is 12.4. The molecule has 0 radical (unpaired) electrons. The molecule has 0 saturated carbocycles. The summed E-state index contributed by atoms with van der Waals surface area (Å²) in [5, 5.41) is 8.94. The summed E-state index contributed by atoms with van der Waals surface area (Å²) < 4.78 is 31.1. The van der Waals surface area contributed by atoms with Crippen molar-refractivity contribution in [3.05, 3.63) is 35.7 Å². The minimum atomic E-state index is -3.77. The molecular formula is C13H13N3O3S2. The Morgan fingerprint density at radius 2 is 2.14 bits per heavy atom. The number of benzene rings is 1. The van der Waals surface area contributed by atoms with Gasteiger partial charge in [-0.2, -0.15) is 4.37 Å². The Morgan fingerprint density at radius 3 is 2.81 bits per heavy atom. The summed E-state index contributed by atoms with van der Waals surface area (Å²) in [5.74, 6) is 5.97. The van der Waals surface area contributed by atoms with Crippen molar-refractivity contribution in [1.82, 2.24) is 9.36 Å². The van der Waals surface area contributed by atoms with Crippen molar-refractivity contribution >= 4 is 26.7 Å². The third-order valence-electron chi connectivity index (χ3n) is 2.39. The summed E-state index contributed by atoms with van der Waals surface area (Å²) in [6.45, 7) is 1.62. The fourth-order valence-corrected chi connectivity index (χ4v) is 3.49. The molecule has 8 heteroatoms. The average molecular weight is 323 g/mol. The van der Waals surface area contributed by atoms with Crippen molar-refractivity contribution in [3.63, 3.8) is 0 Å². The molecule has 0 saturated heterocycles. The summed E-state index contributed by atoms with van der Waals surface area (Å²) in [5.41, 5.74) is 0.375. The number of hydrogen-bond acceptors (Lipinski definition) is 6. The van der Waals surface area contributed by atoms with Gasteiger partial charge in [0.1, 0.15) is 10.7 Å². The topological polar surface area (TPSA) is 92.2 Å². The van der Waals surface area contributed by atoms with Gasteiger partial charge in [-0.05, 0) is 19.1 Å². The van der Waals surface area contributed by atoms with Crippen molar-refractivity contribution in [2.75, 3.05) is 11.3 Å². The van der Waals surface area contributed by atoms with Gasteiger partial charge in [-0.25, -0.2) is 13.4 Å². The number of aliphatic hydroxyl groups is 1. The summed E-state index contributed by atoms with van der Waals surface area (Å²) in [6.07, 6.45) is 0.289. The molecule has 2 rings (SSSR count). The molecule has 2 N–H and O–H groups in total. The van der Waals surface area contributed by atoms with Crippen LogP contribution in [0.3, 0.4) is 0 Å². The van der Waals surface area contributed by atoms with Crippen molar-refractivity contribution in [3.8, 4) is 11.8 Å². The van der Waals surface area contributed by atoms with Gasteiger partial charge in [0.15, 0.2) is 0 Å². The molecule has 1 heterocycles. The van der Waals surface area contributed by atoms with Gasteiger partial charge in [-0.3, -0.25) is 4.72 Å². The lowest BCUT2D eigenvalue weighted by molar-refractivity contribution is 0.305. The standard InChI is InChI=1S/C13H13N3O3S2/c1-10-14-13(20-15-10)16-21(18,19)12-8-3-2-6-11(12)7-4-5-9-17/h2-3,6,8,17H,5,9H2,1H3,(H,14,15,16). The molecule has 1 aromatic heterocycles. The highest BCUT2D eigenvalue weighted by Crippen LogP contribution is 2.20. The van der Waals surface area contributed by atoms with E-state index in [0.717, 1.165) is 11.5 Å². The van der Waals surface area contributed by atoms with Crippen LogP contribution in [0.15, 0.2) is 29.2 Å². The molecule has 1 aromatic carbocycles. The number of rotatable bonds is 4. The number of aryl methyl sites for hydroxylation is 1. The van der Waals surface area contributed by atoms with Crippen LogP contribution in [0.4, 0.5) is 5.13 Å². The van der Waals surface area contributed by atoms with Gasteiger partial charge in [-0.15, -0.1) is 0 Å². The van der Waals surface area contributed by atoms with Crippen molar-refractivity contribution in [1.29, 1.82) is 0 Å². The maximum absolute atomic E-state index is 12.4. The van der Waals surface area contributed by atoms with Crippen LogP contribution in [0, 0.1) is 18.8 Å². The number of anilines is 1. The van der Waals surface area contributed by atoms with Crippen LogP contribution in [-0.2, 0) is 10.0 Å². The number of nitrogens with one attached hydrogen (secondary N) is 1. The zero-order chi connectivity index (χ0) is 15.3. The molecule has 110 valence electrons. The Balaban J connectivity index is 2.34. The molecule has 6 nitrogen and oxygen atoms in total. The number of nitrogens with zero attached hydrogens (tertiary/aromatic N) is 2. The normalized spacial score (nSPS) is 10.8. The lowest BCUT2D eigenvalue weighted by Gasteiger charge is -2.06. The Labute approximate surface area is 127 Å². The SMILES string of the molecule is Cc1nsc(NS(=O)(=O)c2ccccc2C#CCCO)n1. The third-order valence-corrected chi connectivity index (χ3v) is 4.63. The highest BCUT2D eigenvalue weighted by Gasteiger charge is 2.19. The Morgan fingerprint density at radius 1 is 1.38 bits per heavy atom. The van der Waals surface area contributed by atoms with Crippen LogP contribution in [0.2, 0.25) is 0 Å². The largest absolute Gasteiger partial charge is 0.395 e. The van der Waals surface area contributed by atoms with Crippen LogP contribution >= 0.6 is 11.5 Å². The average Bonchev–Trinajstić information content (AvgIpc) is 2.84. The zero-order valence-electron chi connectivity index (χ0n) is 11.2. The van der Waals surface area contributed by atoms with Crippen LogP contribution in [0.1, 0.15) is 17.8 Å². The molecule has 0 amide bonds. The van der Waals surface area contributed by atoms with Gasteiger partial charge >= 0.3 is 0 Å². The smallest absolute Gasteiger partial charge is 0.264 e. The van der Waals surface area contributed by atoms with Crippen LogP contribution in [-0.4, -0.2) is 29.5 Å². The first kappa shape index (κ1) is 15.4. The predicted molar refractivity (Wildman–Crippen MR) is 80.5 cm³/mol. The quantitative estimate of drug-likeness (QED) is 0.829. The van der Waals surface area contributed by atoms with Gasteiger partial charge in [0.25, 0.3) is 10.0 Å². The molecule has 2 aromatic rings. The van der Waals surface area contributed by atoms with E-state index >= 15 is 0 Å². The number of hydrogen-bond donors (Lipinski definition) is 2. The van der Waals surface area contributed by atoms with Gasteiger partial charge < -0.3 is 5.11 Å². The lowest BCUT2D eigenvalue weighted by Crippen LogP contribution is -2.14. The second kappa shape index (κ2) is 6.67. The molecule has 0 unspecified atom stereocenters. The van der Waals surface area contributed by atoms with Crippen molar-refractivity contribution in [2.24, 2.45) is 0 Å².